The number of aliphatic hydroxyl groups excluding tert-OH is 3. The SMILES string of the molecule is CCCO[C@@H]1OC(CO)[C@H](O)C(O)C1NC(C)=O. The maximum atomic E-state index is 11.1. The van der Waals surface area contributed by atoms with Crippen molar-refractivity contribution in [3.05, 3.63) is 0 Å². The molecule has 1 heterocycles. The molecule has 0 aromatic carbocycles. The summed E-state index contributed by atoms with van der Waals surface area (Å²) < 4.78 is 10.7. The number of carbonyl (C=O) groups is 1. The normalized spacial score (nSPS) is 36.4. The van der Waals surface area contributed by atoms with E-state index in [-0.39, 0.29) is 5.91 Å². The van der Waals surface area contributed by atoms with E-state index in [1.54, 1.807) is 0 Å². The van der Waals surface area contributed by atoms with E-state index in [0.29, 0.717) is 6.61 Å². The van der Waals surface area contributed by atoms with Crippen LogP contribution < -0.4 is 5.32 Å². The Balaban J connectivity index is 2.76. The Labute approximate surface area is 106 Å². The molecule has 1 aliphatic heterocycles. The Kier molecular flexibility index (Phi) is 5.97. The van der Waals surface area contributed by atoms with Crippen molar-refractivity contribution in [3.8, 4) is 0 Å². The van der Waals surface area contributed by atoms with Gasteiger partial charge in [0.25, 0.3) is 0 Å². The van der Waals surface area contributed by atoms with Crippen molar-refractivity contribution < 1.29 is 29.6 Å². The van der Waals surface area contributed by atoms with Crippen molar-refractivity contribution in [2.24, 2.45) is 0 Å². The number of aliphatic hydroxyl groups is 3. The van der Waals surface area contributed by atoms with Gasteiger partial charge in [0.2, 0.25) is 5.91 Å². The summed E-state index contributed by atoms with van der Waals surface area (Å²) in [4.78, 5) is 11.1. The maximum absolute atomic E-state index is 11.1. The standard InChI is InChI=1S/C11H21NO6/c1-3-4-17-11-8(12-6(2)14)10(16)9(15)7(5-13)18-11/h7-11,13,15-16H,3-5H2,1-2H3,(H,12,14)/t7?,8?,9-,10?,11+/m0/s1. The topological polar surface area (TPSA) is 108 Å². The van der Waals surface area contributed by atoms with Gasteiger partial charge in [0.1, 0.15) is 24.4 Å². The van der Waals surface area contributed by atoms with Crippen molar-refractivity contribution in [2.45, 2.75) is 50.9 Å². The lowest BCUT2D eigenvalue weighted by Crippen LogP contribution is -2.64. The number of nitrogens with one attached hydrogen (secondary N) is 1. The minimum absolute atomic E-state index is 0.359. The van der Waals surface area contributed by atoms with E-state index in [1.165, 1.54) is 6.92 Å². The average molecular weight is 263 g/mol. The van der Waals surface area contributed by atoms with E-state index in [0.717, 1.165) is 6.42 Å². The molecule has 1 saturated heterocycles. The summed E-state index contributed by atoms with van der Waals surface area (Å²) in [7, 11) is 0. The fourth-order valence-corrected chi connectivity index (χ4v) is 1.85. The Morgan fingerprint density at radius 3 is 2.56 bits per heavy atom. The second-order valence-corrected chi connectivity index (χ2v) is 4.30. The van der Waals surface area contributed by atoms with Crippen molar-refractivity contribution >= 4 is 5.91 Å². The van der Waals surface area contributed by atoms with Crippen molar-refractivity contribution in [1.29, 1.82) is 0 Å². The van der Waals surface area contributed by atoms with Gasteiger partial charge >= 0.3 is 0 Å². The van der Waals surface area contributed by atoms with Gasteiger partial charge in [-0.1, -0.05) is 6.92 Å². The highest BCUT2D eigenvalue weighted by Gasteiger charge is 2.45. The first kappa shape index (κ1) is 15.3. The molecular formula is C11H21NO6. The van der Waals surface area contributed by atoms with Gasteiger partial charge in [0, 0.05) is 13.5 Å². The maximum Gasteiger partial charge on any atom is 0.217 e. The molecule has 3 unspecified atom stereocenters. The van der Waals surface area contributed by atoms with E-state index in [1.807, 2.05) is 6.92 Å². The van der Waals surface area contributed by atoms with Gasteiger partial charge in [-0.05, 0) is 6.42 Å². The first-order chi connectivity index (χ1) is 8.51. The van der Waals surface area contributed by atoms with Crippen molar-refractivity contribution in [1.82, 2.24) is 5.32 Å². The lowest BCUT2D eigenvalue weighted by Gasteiger charge is -2.42. The molecule has 1 rings (SSSR count). The summed E-state index contributed by atoms with van der Waals surface area (Å²) in [6.07, 6.45) is -3.58. The fourth-order valence-electron chi connectivity index (χ4n) is 1.85. The zero-order valence-corrected chi connectivity index (χ0v) is 10.6. The molecule has 0 radical (unpaired) electrons. The number of rotatable bonds is 5. The first-order valence-electron chi connectivity index (χ1n) is 6.02. The molecule has 0 aromatic rings. The molecule has 5 atom stereocenters. The van der Waals surface area contributed by atoms with Gasteiger partial charge in [-0.25, -0.2) is 0 Å². The molecule has 7 nitrogen and oxygen atoms in total. The molecule has 7 heteroatoms. The quantitative estimate of drug-likeness (QED) is 0.473. The molecule has 0 spiro atoms. The van der Waals surface area contributed by atoms with Crippen molar-refractivity contribution in [2.75, 3.05) is 13.2 Å². The molecule has 0 aliphatic carbocycles. The fraction of sp³-hybridized carbons (Fsp3) is 0.909. The Hall–Kier alpha value is -0.730. The summed E-state index contributed by atoms with van der Waals surface area (Å²) in [6.45, 7) is 3.16. The van der Waals surface area contributed by atoms with Gasteiger partial charge in [0.05, 0.1) is 6.61 Å². The summed E-state index contributed by atoms with van der Waals surface area (Å²) in [5.74, 6) is -0.359. The van der Waals surface area contributed by atoms with E-state index >= 15 is 0 Å². The monoisotopic (exact) mass is 263 g/mol. The van der Waals surface area contributed by atoms with Crippen LogP contribution in [0.3, 0.4) is 0 Å². The molecule has 0 aromatic heterocycles. The van der Waals surface area contributed by atoms with Crippen LogP contribution >= 0.6 is 0 Å². The highest BCUT2D eigenvalue weighted by Crippen LogP contribution is 2.22. The van der Waals surface area contributed by atoms with Crippen LogP contribution in [0.25, 0.3) is 0 Å². The van der Waals surface area contributed by atoms with Gasteiger partial charge in [-0.15, -0.1) is 0 Å². The van der Waals surface area contributed by atoms with Gasteiger partial charge in [-0.3, -0.25) is 4.79 Å². The van der Waals surface area contributed by atoms with E-state index in [2.05, 4.69) is 5.32 Å². The summed E-state index contributed by atoms with van der Waals surface area (Å²) in [6, 6.07) is -0.855. The predicted octanol–water partition coefficient (Wildman–Crippen LogP) is -1.64. The average Bonchev–Trinajstić information content (AvgIpc) is 2.33. The first-order valence-corrected chi connectivity index (χ1v) is 6.02. The van der Waals surface area contributed by atoms with E-state index in [9.17, 15) is 15.0 Å². The third-order valence-corrected chi connectivity index (χ3v) is 2.74. The third-order valence-electron chi connectivity index (χ3n) is 2.74. The van der Waals surface area contributed by atoms with E-state index < -0.39 is 37.3 Å². The Morgan fingerprint density at radius 2 is 2.06 bits per heavy atom. The lowest BCUT2D eigenvalue weighted by molar-refractivity contribution is -0.270. The molecule has 18 heavy (non-hydrogen) atoms. The van der Waals surface area contributed by atoms with Crippen molar-refractivity contribution in [3.63, 3.8) is 0 Å². The molecule has 0 saturated carbocycles. The number of ether oxygens (including phenoxy) is 2. The number of amides is 1. The number of hydrogen-bond acceptors (Lipinski definition) is 6. The highest BCUT2D eigenvalue weighted by atomic mass is 16.7. The van der Waals surface area contributed by atoms with Gasteiger partial charge in [-0.2, -0.15) is 0 Å². The second-order valence-electron chi connectivity index (χ2n) is 4.30. The molecule has 1 aliphatic rings. The highest BCUT2D eigenvalue weighted by molar-refractivity contribution is 5.73. The smallest absolute Gasteiger partial charge is 0.217 e. The third kappa shape index (κ3) is 3.63. The van der Waals surface area contributed by atoms with Crippen LogP contribution in [0.4, 0.5) is 0 Å². The lowest BCUT2D eigenvalue weighted by atomic mass is 9.97. The van der Waals surface area contributed by atoms with E-state index in [4.69, 9.17) is 14.6 Å². The molecule has 106 valence electrons. The Bertz CT molecular complexity index is 274. The van der Waals surface area contributed by atoms with Crippen LogP contribution in [0, 0.1) is 0 Å². The molecule has 1 fully saturated rings. The van der Waals surface area contributed by atoms with Crippen LogP contribution in [0.5, 0.6) is 0 Å². The van der Waals surface area contributed by atoms with Gasteiger partial charge in [0.15, 0.2) is 6.29 Å². The summed E-state index contributed by atoms with van der Waals surface area (Å²) >= 11 is 0. The van der Waals surface area contributed by atoms with Crippen LogP contribution in [0.1, 0.15) is 20.3 Å². The minimum atomic E-state index is -1.27. The van der Waals surface area contributed by atoms with Crippen LogP contribution in [-0.4, -0.2) is 65.1 Å². The van der Waals surface area contributed by atoms with Gasteiger partial charge < -0.3 is 30.1 Å². The van der Waals surface area contributed by atoms with Crippen LogP contribution in [-0.2, 0) is 14.3 Å². The second kappa shape index (κ2) is 7.01. The number of carbonyl (C=O) groups excluding carboxylic acids is 1. The van der Waals surface area contributed by atoms with Crippen LogP contribution in [0.15, 0.2) is 0 Å². The minimum Gasteiger partial charge on any atom is -0.394 e. The molecule has 4 N–H and O–H groups in total. The number of hydrogen-bond donors (Lipinski definition) is 4. The molecule has 1 amide bonds. The predicted molar refractivity (Wildman–Crippen MR) is 61.6 cm³/mol. The zero-order chi connectivity index (χ0) is 13.7. The Morgan fingerprint density at radius 1 is 1.39 bits per heavy atom. The summed E-state index contributed by atoms with van der Waals surface area (Å²) in [5, 5.41) is 31.2. The molecular weight excluding hydrogens is 242 g/mol. The zero-order valence-electron chi connectivity index (χ0n) is 10.6. The van der Waals surface area contributed by atoms with Crippen LogP contribution in [0.2, 0.25) is 0 Å². The summed E-state index contributed by atoms with van der Waals surface area (Å²) in [5.41, 5.74) is 0. The molecule has 0 bridgehead atoms. The largest absolute Gasteiger partial charge is 0.394 e.